The molecule has 9 heteroatoms. The van der Waals surface area contributed by atoms with Gasteiger partial charge >= 0.3 is 5.97 Å². The number of fused-ring (bicyclic) bond motifs is 1. The number of aromatic nitrogens is 4. The third-order valence-corrected chi connectivity index (χ3v) is 5.42. The second kappa shape index (κ2) is 13.0. The molecule has 3 aromatic rings. The molecule has 0 amide bonds. The second-order valence-corrected chi connectivity index (χ2v) is 8.06. The van der Waals surface area contributed by atoms with Crippen molar-refractivity contribution in [1.82, 2.24) is 19.7 Å². The van der Waals surface area contributed by atoms with Crippen LogP contribution in [-0.2, 0) is 40.6 Å². The lowest BCUT2D eigenvalue weighted by atomic mass is 10.1. The van der Waals surface area contributed by atoms with Gasteiger partial charge in [0.2, 0.25) is 5.88 Å². The van der Waals surface area contributed by atoms with Gasteiger partial charge in [-0.2, -0.15) is 10.1 Å². The maximum atomic E-state index is 12.1. The molecule has 3 rings (SSSR count). The minimum atomic E-state index is -0.609. The topological polar surface area (TPSA) is 97.6 Å². The predicted octanol–water partition coefficient (Wildman–Crippen LogP) is 3.85. The highest BCUT2D eigenvalue weighted by atomic mass is 16.6. The standard InChI is InChI=1S/C26H36N4O5/c1-6-10-20-23-24(30(5)29-20)25(28-22(7-2)27-23)35-16-15-34-19-13-11-18(12-14-19)17-21(32-8-3)26(31)33-9-4/h11-14,21H,6-10,15-17H2,1-5H3/t21-/m1/s1. The SMILES string of the molecule is CCCc1nn(C)c2c(OCCOc3ccc(C[C@@H](OCC)C(=O)OCC)cc3)nc(CC)nc12. The van der Waals surface area contributed by atoms with Crippen LogP contribution in [0.25, 0.3) is 11.0 Å². The average Bonchev–Trinajstić information content (AvgIpc) is 3.17. The van der Waals surface area contributed by atoms with Gasteiger partial charge in [-0.15, -0.1) is 0 Å². The molecule has 1 atom stereocenters. The summed E-state index contributed by atoms with van der Waals surface area (Å²) in [5.74, 6) is 1.65. The largest absolute Gasteiger partial charge is 0.490 e. The number of esters is 1. The fourth-order valence-electron chi connectivity index (χ4n) is 3.79. The number of carbonyl (C=O) groups excluding carboxylic acids is 1. The van der Waals surface area contributed by atoms with E-state index in [0.717, 1.165) is 47.4 Å². The molecule has 0 N–H and O–H groups in total. The van der Waals surface area contributed by atoms with Crippen LogP contribution in [0, 0.1) is 0 Å². The van der Waals surface area contributed by atoms with E-state index in [0.29, 0.717) is 44.5 Å². The number of aryl methyl sites for hydroxylation is 3. The van der Waals surface area contributed by atoms with Gasteiger partial charge in [-0.05, 0) is 38.0 Å². The van der Waals surface area contributed by atoms with Crippen LogP contribution in [0.3, 0.4) is 0 Å². The minimum Gasteiger partial charge on any atom is -0.490 e. The minimum absolute atomic E-state index is 0.331. The van der Waals surface area contributed by atoms with Crippen molar-refractivity contribution in [2.75, 3.05) is 26.4 Å². The smallest absolute Gasteiger partial charge is 0.335 e. The van der Waals surface area contributed by atoms with Crippen LogP contribution in [0.15, 0.2) is 24.3 Å². The Balaban J connectivity index is 1.59. The van der Waals surface area contributed by atoms with Gasteiger partial charge in [-0.3, -0.25) is 4.68 Å². The van der Waals surface area contributed by atoms with Crippen LogP contribution in [0.2, 0.25) is 0 Å². The molecule has 1 aromatic carbocycles. The summed E-state index contributed by atoms with van der Waals surface area (Å²) < 4.78 is 24.3. The molecule has 0 aliphatic heterocycles. The number of hydrogen-bond donors (Lipinski definition) is 0. The molecule has 0 unspecified atom stereocenters. The number of carbonyl (C=O) groups is 1. The lowest BCUT2D eigenvalue weighted by Crippen LogP contribution is -2.28. The third-order valence-electron chi connectivity index (χ3n) is 5.42. The van der Waals surface area contributed by atoms with Gasteiger partial charge in [0.1, 0.15) is 35.8 Å². The quantitative estimate of drug-likeness (QED) is 0.251. The Hall–Kier alpha value is -3.20. The molecule has 0 spiro atoms. The van der Waals surface area contributed by atoms with Crippen LogP contribution >= 0.6 is 0 Å². The highest BCUT2D eigenvalue weighted by Gasteiger charge is 2.21. The summed E-state index contributed by atoms with van der Waals surface area (Å²) in [4.78, 5) is 21.3. The van der Waals surface area contributed by atoms with E-state index in [4.69, 9.17) is 18.9 Å². The first kappa shape index (κ1) is 26.4. The van der Waals surface area contributed by atoms with Gasteiger partial charge in [0.25, 0.3) is 0 Å². The highest BCUT2D eigenvalue weighted by Crippen LogP contribution is 2.26. The lowest BCUT2D eigenvalue weighted by Gasteiger charge is -2.16. The molecule has 9 nitrogen and oxygen atoms in total. The summed E-state index contributed by atoms with van der Waals surface area (Å²) in [6.07, 6.45) is 2.42. The van der Waals surface area contributed by atoms with Gasteiger partial charge in [0.05, 0.1) is 12.3 Å². The van der Waals surface area contributed by atoms with E-state index in [9.17, 15) is 4.79 Å². The van der Waals surface area contributed by atoms with Crippen LogP contribution in [0.5, 0.6) is 11.6 Å². The molecule has 0 saturated carbocycles. The van der Waals surface area contributed by atoms with Crippen LogP contribution in [0.1, 0.15) is 51.2 Å². The van der Waals surface area contributed by atoms with Crippen molar-refractivity contribution in [1.29, 1.82) is 0 Å². The van der Waals surface area contributed by atoms with Crippen LogP contribution < -0.4 is 9.47 Å². The predicted molar refractivity (Wildman–Crippen MR) is 133 cm³/mol. The summed E-state index contributed by atoms with van der Waals surface area (Å²) in [5.41, 5.74) is 3.61. The van der Waals surface area contributed by atoms with E-state index in [1.54, 1.807) is 11.6 Å². The summed E-state index contributed by atoms with van der Waals surface area (Å²) in [7, 11) is 1.89. The monoisotopic (exact) mass is 484 g/mol. The number of hydrogen-bond acceptors (Lipinski definition) is 8. The Morgan fingerprint density at radius 2 is 1.74 bits per heavy atom. The van der Waals surface area contributed by atoms with Crippen molar-refractivity contribution in [3.8, 4) is 11.6 Å². The molecular weight excluding hydrogens is 448 g/mol. The van der Waals surface area contributed by atoms with E-state index < -0.39 is 6.10 Å². The molecule has 0 saturated heterocycles. The molecule has 35 heavy (non-hydrogen) atoms. The van der Waals surface area contributed by atoms with Crippen molar-refractivity contribution >= 4 is 17.0 Å². The van der Waals surface area contributed by atoms with E-state index in [1.165, 1.54) is 0 Å². The Labute approximate surface area is 206 Å². The maximum absolute atomic E-state index is 12.1. The molecule has 0 aliphatic carbocycles. The Morgan fingerprint density at radius 1 is 1.00 bits per heavy atom. The van der Waals surface area contributed by atoms with Crippen molar-refractivity contribution in [3.63, 3.8) is 0 Å². The fourth-order valence-corrected chi connectivity index (χ4v) is 3.79. The number of rotatable bonds is 14. The zero-order chi connectivity index (χ0) is 25.2. The molecule has 0 aliphatic rings. The zero-order valence-corrected chi connectivity index (χ0v) is 21.4. The molecule has 2 heterocycles. The molecule has 190 valence electrons. The third kappa shape index (κ3) is 6.91. The van der Waals surface area contributed by atoms with Crippen molar-refractivity contribution in [2.45, 2.75) is 59.5 Å². The first-order valence-electron chi connectivity index (χ1n) is 12.4. The average molecular weight is 485 g/mol. The summed E-state index contributed by atoms with van der Waals surface area (Å²) >= 11 is 0. The first-order chi connectivity index (χ1) is 17.0. The van der Waals surface area contributed by atoms with E-state index in [2.05, 4.69) is 22.0 Å². The Bertz CT molecular complexity index is 1100. The van der Waals surface area contributed by atoms with E-state index >= 15 is 0 Å². The zero-order valence-electron chi connectivity index (χ0n) is 21.4. The lowest BCUT2D eigenvalue weighted by molar-refractivity contribution is -0.156. The second-order valence-electron chi connectivity index (χ2n) is 8.06. The molecule has 0 radical (unpaired) electrons. The molecule has 2 aromatic heterocycles. The van der Waals surface area contributed by atoms with Crippen LogP contribution in [0.4, 0.5) is 0 Å². The van der Waals surface area contributed by atoms with E-state index in [-0.39, 0.29) is 5.97 Å². The summed E-state index contributed by atoms with van der Waals surface area (Å²) in [6, 6.07) is 7.60. The number of nitrogens with zero attached hydrogens (tertiary/aromatic N) is 4. The van der Waals surface area contributed by atoms with Crippen molar-refractivity contribution in [2.24, 2.45) is 7.05 Å². The summed E-state index contributed by atoms with van der Waals surface area (Å²) in [5, 5.41) is 4.62. The van der Waals surface area contributed by atoms with Gasteiger partial charge in [-0.1, -0.05) is 32.4 Å². The number of ether oxygens (including phenoxy) is 4. The fraction of sp³-hybridized carbons (Fsp3) is 0.538. The summed E-state index contributed by atoms with van der Waals surface area (Å²) in [6.45, 7) is 9.27. The van der Waals surface area contributed by atoms with Crippen molar-refractivity contribution < 1.29 is 23.7 Å². The van der Waals surface area contributed by atoms with E-state index in [1.807, 2.05) is 45.2 Å². The molecule has 0 bridgehead atoms. The Morgan fingerprint density at radius 3 is 2.40 bits per heavy atom. The van der Waals surface area contributed by atoms with Gasteiger partial charge in [0.15, 0.2) is 6.10 Å². The van der Waals surface area contributed by atoms with Gasteiger partial charge in [-0.25, -0.2) is 9.78 Å². The Kier molecular flexibility index (Phi) is 9.84. The highest BCUT2D eigenvalue weighted by molar-refractivity contribution is 5.82. The van der Waals surface area contributed by atoms with Gasteiger partial charge < -0.3 is 18.9 Å². The van der Waals surface area contributed by atoms with Crippen LogP contribution in [-0.4, -0.2) is 58.2 Å². The van der Waals surface area contributed by atoms with Crippen molar-refractivity contribution in [3.05, 3.63) is 41.3 Å². The molecular formula is C26H36N4O5. The number of benzene rings is 1. The first-order valence-corrected chi connectivity index (χ1v) is 12.4. The maximum Gasteiger partial charge on any atom is 0.335 e. The van der Waals surface area contributed by atoms with Gasteiger partial charge in [0, 0.05) is 26.5 Å². The molecule has 0 fully saturated rings. The normalized spacial score (nSPS) is 12.0.